The second-order valence-corrected chi connectivity index (χ2v) is 3.51. The van der Waals surface area contributed by atoms with Crippen LogP contribution < -0.4 is 10.9 Å². The van der Waals surface area contributed by atoms with Gasteiger partial charge in [-0.25, -0.2) is 4.98 Å². The van der Waals surface area contributed by atoms with Crippen molar-refractivity contribution in [1.82, 2.24) is 15.3 Å². The predicted molar refractivity (Wildman–Crippen MR) is 54.8 cm³/mol. The zero-order valence-electron chi connectivity index (χ0n) is 7.76. The number of nitrogens with one attached hydrogen (secondary N) is 2. The summed E-state index contributed by atoms with van der Waals surface area (Å²) < 4.78 is 0. The minimum Gasteiger partial charge on any atom is -0.314 e. The Balaban J connectivity index is 2.90. The molecule has 5 heteroatoms. The molecule has 0 aliphatic rings. The lowest BCUT2D eigenvalue weighted by Crippen LogP contribution is -2.16. The average Bonchev–Trinajstić information content (AvgIpc) is 2.04. The smallest absolute Gasteiger partial charge is 0.251 e. The number of thioether (sulfide) groups is 1. The Morgan fingerprint density at radius 3 is 3.08 bits per heavy atom. The summed E-state index contributed by atoms with van der Waals surface area (Å²) in [6, 6.07) is 1.51. The molecule has 0 radical (unpaired) electrons. The fourth-order valence-electron chi connectivity index (χ4n) is 1.04. The molecular weight excluding hydrogens is 186 g/mol. The van der Waals surface area contributed by atoms with Gasteiger partial charge >= 0.3 is 0 Å². The fourth-order valence-corrected chi connectivity index (χ4v) is 1.45. The second kappa shape index (κ2) is 5.04. The third kappa shape index (κ3) is 3.20. The zero-order valence-corrected chi connectivity index (χ0v) is 8.57. The summed E-state index contributed by atoms with van der Waals surface area (Å²) in [7, 11) is 1.83. The van der Waals surface area contributed by atoms with Crippen LogP contribution in [0.1, 0.15) is 11.5 Å². The number of H-pyrrole nitrogens is 1. The van der Waals surface area contributed by atoms with Gasteiger partial charge in [0.25, 0.3) is 5.56 Å². The average molecular weight is 199 g/mol. The molecule has 0 saturated heterocycles. The van der Waals surface area contributed by atoms with Gasteiger partial charge in [-0.2, -0.15) is 11.8 Å². The van der Waals surface area contributed by atoms with Crippen LogP contribution >= 0.6 is 11.8 Å². The molecule has 0 aliphatic heterocycles. The highest BCUT2D eigenvalue weighted by atomic mass is 32.2. The molecule has 1 aromatic rings. The zero-order chi connectivity index (χ0) is 9.68. The van der Waals surface area contributed by atoms with E-state index in [2.05, 4.69) is 15.3 Å². The lowest BCUT2D eigenvalue weighted by molar-refractivity contribution is 0.773. The van der Waals surface area contributed by atoms with Crippen LogP contribution in [0.15, 0.2) is 10.9 Å². The second-order valence-electron chi connectivity index (χ2n) is 2.65. The number of rotatable bonds is 4. The molecule has 4 nitrogen and oxygen atoms in total. The van der Waals surface area contributed by atoms with Crippen molar-refractivity contribution in [2.45, 2.75) is 12.3 Å². The molecule has 1 heterocycles. The summed E-state index contributed by atoms with van der Waals surface area (Å²) in [6.45, 7) is 0.630. The minimum atomic E-state index is -0.0794. The van der Waals surface area contributed by atoms with Crippen molar-refractivity contribution in [3.05, 3.63) is 27.9 Å². The van der Waals surface area contributed by atoms with E-state index < -0.39 is 0 Å². The maximum absolute atomic E-state index is 11.1. The molecule has 72 valence electrons. The highest BCUT2D eigenvalue weighted by Gasteiger charge is 1.99. The molecule has 1 rings (SSSR count). The van der Waals surface area contributed by atoms with Gasteiger partial charge in [-0.05, 0) is 13.3 Å². The van der Waals surface area contributed by atoms with Crippen LogP contribution in [0.25, 0.3) is 0 Å². The van der Waals surface area contributed by atoms with Gasteiger partial charge in [-0.3, -0.25) is 4.79 Å². The van der Waals surface area contributed by atoms with Gasteiger partial charge in [0.15, 0.2) is 0 Å². The number of hydrogen-bond donors (Lipinski definition) is 2. The summed E-state index contributed by atoms with van der Waals surface area (Å²) in [4.78, 5) is 18.1. The molecule has 0 saturated carbocycles. The maximum Gasteiger partial charge on any atom is 0.251 e. The van der Waals surface area contributed by atoms with Crippen molar-refractivity contribution >= 4 is 11.8 Å². The normalized spacial score (nSPS) is 10.3. The minimum absolute atomic E-state index is 0.0794. The standard InChI is InChI=1S/C8H13N3OS/c1-9-4-6-3-8(12)11-7(10-6)5-13-2/h3,9H,4-5H2,1-2H3,(H,10,11,12). The van der Waals surface area contributed by atoms with E-state index in [0.29, 0.717) is 6.54 Å². The SMILES string of the molecule is CNCc1cc(=O)[nH]c(CSC)n1. The first kappa shape index (κ1) is 10.3. The lowest BCUT2D eigenvalue weighted by Gasteiger charge is -2.01. The van der Waals surface area contributed by atoms with Gasteiger partial charge in [-0.1, -0.05) is 0 Å². The molecule has 0 atom stereocenters. The molecule has 1 aromatic heterocycles. The molecule has 0 amide bonds. The molecule has 0 aliphatic carbocycles. The lowest BCUT2D eigenvalue weighted by atomic mass is 10.4. The Kier molecular flexibility index (Phi) is 3.98. The van der Waals surface area contributed by atoms with E-state index in [0.717, 1.165) is 17.3 Å². The molecule has 0 unspecified atom stereocenters. The van der Waals surface area contributed by atoms with Crippen LogP contribution in [0.2, 0.25) is 0 Å². The monoisotopic (exact) mass is 199 g/mol. The first-order valence-electron chi connectivity index (χ1n) is 3.99. The summed E-state index contributed by atoms with van der Waals surface area (Å²) in [6.07, 6.45) is 1.98. The van der Waals surface area contributed by atoms with E-state index in [1.54, 1.807) is 11.8 Å². The van der Waals surface area contributed by atoms with E-state index in [1.165, 1.54) is 6.07 Å². The van der Waals surface area contributed by atoms with Crippen molar-refractivity contribution in [3.8, 4) is 0 Å². The summed E-state index contributed by atoms with van der Waals surface area (Å²) in [5.41, 5.74) is 0.708. The Labute approximate surface area is 81.2 Å². The highest BCUT2D eigenvalue weighted by Crippen LogP contribution is 2.01. The molecule has 0 fully saturated rings. The van der Waals surface area contributed by atoms with E-state index in [1.807, 2.05) is 13.3 Å². The van der Waals surface area contributed by atoms with Crippen LogP contribution in [-0.2, 0) is 12.3 Å². The van der Waals surface area contributed by atoms with E-state index in [4.69, 9.17) is 0 Å². The van der Waals surface area contributed by atoms with E-state index >= 15 is 0 Å². The quantitative estimate of drug-likeness (QED) is 0.734. The van der Waals surface area contributed by atoms with Crippen molar-refractivity contribution in [3.63, 3.8) is 0 Å². The van der Waals surface area contributed by atoms with Crippen LogP contribution in [-0.4, -0.2) is 23.3 Å². The molecule has 0 aromatic carbocycles. The fraction of sp³-hybridized carbons (Fsp3) is 0.500. The van der Waals surface area contributed by atoms with Gasteiger partial charge in [0.2, 0.25) is 0 Å². The molecule has 13 heavy (non-hydrogen) atoms. The predicted octanol–water partition coefficient (Wildman–Crippen LogP) is 0.352. The van der Waals surface area contributed by atoms with Gasteiger partial charge in [0, 0.05) is 12.6 Å². The summed E-state index contributed by atoms with van der Waals surface area (Å²) >= 11 is 1.64. The van der Waals surface area contributed by atoms with Gasteiger partial charge in [0.05, 0.1) is 11.4 Å². The van der Waals surface area contributed by atoms with Crippen molar-refractivity contribution in [2.75, 3.05) is 13.3 Å². The van der Waals surface area contributed by atoms with E-state index in [-0.39, 0.29) is 5.56 Å². The third-order valence-corrected chi connectivity index (χ3v) is 2.04. The molecule has 2 N–H and O–H groups in total. The first-order valence-corrected chi connectivity index (χ1v) is 5.38. The summed E-state index contributed by atoms with van der Waals surface area (Å²) in [5.74, 6) is 1.48. The van der Waals surface area contributed by atoms with Gasteiger partial charge in [0.1, 0.15) is 5.82 Å². The topological polar surface area (TPSA) is 57.8 Å². The summed E-state index contributed by atoms with van der Waals surface area (Å²) in [5, 5.41) is 2.96. The van der Waals surface area contributed by atoms with Crippen molar-refractivity contribution in [1.29, 1.82) is 0 Å². The van der Waals surface area contributed by atoms with E-state index in [9.17, 15) is 4.79 Å². The first-order chi connectivity index (χ1) is 6.26. The van der Waals surface area contributed by atoms with Crippen LogP contribution in [0.3, 0.4) is 0 Å². The van der Waals surface area contributed by atoms with Gasteiger partial charge < -0.3 is 10.3 Å². The Morgan fingerprint density at radius 2 is 2.46 bits per heavy atom. The van der Waals surface area contributed by atoms with Crippen LogP contribution in [0.4, 0.5) is 0 Å². The molecule has 0 spiro atoms. The Morgan fingerprint density at radius 1 is 1.69 bits per heavy atom. The Hall–Kier alpha value is -0.810. The van der Waals surface area contributed by atoms with Crippen molar-refractivity contribution in [2.24, 2.45) is 0 Å². The van der Waals surface area contributed by atoms with Gasteiger partial charge in [-0.15, -0.1) is 0 Å². The highest BCUT2D eigenvalue weighted by molar-refractivity contribution is 7.97. The van der Waals surface area contributed by atoms with Crippen molar-refractivity contribution < 1.29 is 0 Å². The van der Waals surface area contributed by atoms with Crippen LogP contribution in [0, 0.1) is 0 Å². The third-order valence-electron chi connectivity index (χ3n) is 1.48. The molecular formula is C8H13N3OS. The van der Waals surface area contributed by atoms with Crippen LogP contribution in [0.5, 0.6) is 0 Å². The number of nitrogens with zero attached hydrogens (tertiary/aromatic N) is 1. The number of aromatic amines is 1. The number of aromatic nitrogens is 2. The molecule has 0 bridgehead atoms. The Bertz CT molecular complexity index is 296. The largest absolute Gasteiger partial charge is 0.314 e. The number of hydrogen-bond acceptors (Lipinski definition) is 4. The maximum atomic E-state index is 11.1.